The molecule has 0 aliphatic heterocycles. The van der Waals surface area contributed by atoms with Crippen molar-refractivity contribution in [2.45, 2.75) is 29.4 Å². The lowest BCUT2D eigenvalue weighted by molar-refractivity contribution is 0.0977. The standard InChI is InChI=1S/C87H78N24O27S6/c1-103-40-49(22-70(103)82(118)106(4)52-25-64(88-34-52)76(112)94-46-13-10-43-16-58(139(121,122)123)31-73(61(43)19-46)142(130,131)132)97-79(115)67-28-55(37-91-67)109(7)85-100-86(110(8)56-29-68(92-38-56)80(116)98-50-23-71(104(2)41-50)83(119)107(5)53-26-65(89-35-53)77(113)95-47-14-11-44-17-59(140(124,125)126)32-74(62(44)20-47)143(133,134)135)102-87(101-85)111(9)57-30-69(93-39-57)81(117)99-51-24-72(105(3)42-51)84(120)108(6)54-27-66(90-36-54)78(114)96-48-15-12-45-18-60(141(127,128)129)33-75(63(45)21-48)144(136,137)138/h10-42,88-93H,1-9H3,(H,94,112)(H,95,113)(H,96,114)(H,97,115)(H,98,116)(H,99,117)(H,121,122,123)(H,124,125,126)(H,127,128,129)(H,130,131,132)(H,133,134,135)(H,136,137,138). The molecule has 9 amide bonds. The molecular weight excluding hydrogens is 2010 g/mol. The molecule has 16 aromatic rings. The lowest BCUT2D eigenvalue weighted by atomic mass is 10.1. The molecule has 0 fully saturated rings. The summed E-state index contributed by atoms with van der Waals surface area (Å²) >= 11 is 0. The van der Waals surface area contributed by atoms with E-state index in [0.717, 1.165) is 36.4 Å². The van der Waals surface area contributed by atoms with Crippen molar-refractivity contribution < 1.29 is 121 Å². The summed E-state index contributed by atoms with van der Waals surface area (Å²) in [7, 11) is -16.3. The third-order valence-corrected chi connectivity index (χ3v) is 28.0. The number of aromatic amines is 6. The van der Waals surface area contributed by atoms with Gasteiger partial charge in [-0.05, 0) is 144 Å². The summed E-state index contributed by atoms with van der Waals surface area (Å²) in [5, 5.41) is 15.3. The fraction of sp³-hybridized carbons (Fsp3) is 0.103. The quantitative estimate of drug-likeness (QED) is 0.0186. The average molecular weight is 2080 g/mol. The normalized spacial score (nSPS) is 12.0. The van der Waals surface area contributed by atoms with Crippen molar-refractivity contribution in [1.29, 1.82) is 0 Å². The predicted molar refractivity (Wildman–Crippen MR) is 522 cm³/mol. The number of nitrogens with zero attached hydrogens (tertiary/aromatic N) is 12. The molecular formula is C87H78N24O27S6. The Morgan fingerprint density at radius 1 is 0.271 bits per heavy atom. The molecule has 0 unspecified atom stereocenters. The minimum Gasteiger partial charge on any atom is -0.355 e. The number of amides is 9. The summed E-state index contributed by atoms with van der Waals surface area (Å²) in [4.78, 5) is 160. The van der Waals surface area contributed by atoms with Gasteiger partial charge in [0.25, 0.3) is 114 Å². The summed E-state index contributed by atoms with van der Waals surface area (Å²) in [6, 6.07) is 28.3. The fourth-order valence-electron chi connectivity index (χ4n) is 15.2. The van der Waals surface area contributed by atoms with Crippen molar-refractivity contribution in [2.24, 2.45) is 21.1 Å². The van der Waals surface area contributed by atoms with Gasteiger partial charge in [-0.25, -0.2) is 0 Å². The molecule has 0 spiro atoms. The number of carbonyl (C=O) groups is 9. The molecule has 744 valence electrons. The van der Waals surface area contributed by atoms with Crippen molar-refractivity contribution in [3.8, 4) is 0 Å². The fourth-order valence-corrected chi connectivity index (χ4v) is 19.2. The highest BCUT2D eigenvalue weighted by Gasteiger charge is 2.32. The number of hydrogen-bond acceptors (Lipinski definition) is 27. The van der Waals surface area contributed by atoms with Crippen LogP contribution in [0, 0.1) is 0 Å². The first-order chi connectivity index (χ1) is 67.5. The third kappa shape index (κ3) is 20.7. The van der Waals surface area contributed by atoms with Crippen LogP contribution < -0.4 is 61.3 Å². The minimum atomic E-state index is -5.06. The van der Waals surface area contributed by atoms with Crippen molar-refractivity contribution in [3.05, 3.63) is 253 Å². The van der Waals surface area contributed by atoms with Crippen molar-refractivity contribution in [1.82, 2.24) is 58.6 Å². The summed E-state index contributed by atoms with van der Waals surface area (Å²) in [5.74, 6) is -6.34. The second kappa shape index (κ2) is 37.4. The number of aromatic nitrogens is 12. The molecule has 51 nitrogen and oxygen atoms in total. The Labute approximate surface area is 813 Å². The first kappa shape index (κ1) is 99.7. The molecule has 18 N–H and O–H groups in total. The number of nitrogens with one attached hydrogen (secondary N) is 12. The van der Waals surface area contributed by atoms with Gasteiger partial charge in [0.05, 0.1) is 65.9 Å². The monoisotopic (exact) mass is 2080 g/mol. The average Bonchev–Trinajstić information content (AvgIpc) is 0.947. The Hall–Kier alpha value is -17.3. The van der Waals surface area contributed by atoms with Crippen molar-refractivity contribution in [3.63, 3.8) is 0 Å². The van der Waals surface area contributed by atoms with Crippen LogP contribution in [0.5, 0.6) is 0 Å². The molecule has 144 heavy (non-hydrogen) atoms. The Morgan fingerprint density at radius 2 is 0.479 bits per heavy atom. The van der Waals surface area contributed by atoms with E-state index < -0.39 is 143 Å². The summed E-state index contributed by atoms with van der Waals surface area (Å²) in [6.07, 6.45) is 12.9. The Morgan fingerprint density at radius 3 is 0.694 bits per heavy atom. The number of rotatable bonds is 30. The molecule has 0 aliphatic carbocycles. The summed E-state index contributed by atoms with van der Waals surface area (Å²) < 4.78 is 208. The van der Waals surface area contributed by atoms with Crippen LogP contribution in [0.3, 0.4) is 0 Å². The number of aryl methyl sites for hydroxylation is 3. The number of anilines is 15. The number of H-pyrrole nitrogens is 6. The molecule has 0 saturated carbocycles. The molecule has 10 aromatic heterocycles. The minimum absolute atomic E-state index is 0.00350. The molecule has 0 atom stereocenters. The summed E-state index contributed by atoms with van der Waals surface area (Å²) in [6.45, 7) is 0. The maximum Gasteiger partial charge on any atom is 0.295 e. The van der Waals surface area contributed by atoms with Gasteiger partial charge < -0.3 is 105 Å². The van der Waals surface area contributed by atoms with E-state index in [9.17, 15) is 121 Å². The van der Waals surface area contributed by atoms with Crippen LogP contribution >= 0.6 is 0 Å². The molecule has 0 aliphatic rings. The van der Waals surface area contributed by atoms with E-state index >= 15 is 0 Å². The lowest BCUT2D eigenvalue weighted by Crippen LogP contribution is -2.27. The largest absolute Gasteiger partial charge is 0.355 e. The maximum atomic E-state index is 14.2. The number of benzene rings is 6. The van der Waals surface area contributed by atoms with E-state index in [1.807, 2.05) is 0 Å². The van der Waals surface area contributed by atoms with Crippen LogP contribution in [-0.4, -0.2) is 232 Å². The van der Waals surface area contributed by atoms with Crippen molar-refractivity contribution in [2.75, 3.05) is 104 Å². The molecule has 16 rings (SSSR count). The van der Waals surface area contributed by atoms with Gasteiger partial charge in [0.1, 0.15) is 65.9 Å². The highest BCUT2D eigenvalue weighted by Crippen LogP contribution is 2.38. The van der Waals surface area contributed by atoms with Gasteiger partial charge in [0.2, 0.25) is 17.8 Å². The molecule has 6 aromatic carbocycles. The molecule has 0 radical (unpaired) electrons. The highest BCUT2D eigenvalue weighted by atomic mass is 32.2. The van der Waals surface area contributed by atoms with E-state index in [2.05, 4.69) is 61.8 Å². The topological polar surface area (TPSA) is 720 Å². The van der Waals surface area contributed by atoms with Crippen LogP contribution in [0.25, 0.3) is 32.3 Å². The first-order valence-electron chi connectivity index (χ1n) is 41.4. The van der Waals surface area contributed by atoms with Gasteiger partial charge in [0.15, 0.2) is 0 Å². The summed E-state index contributed by atoms with van der Waals surface area (Å²) in [5.41, 5.74) is 1.94. The molecule has 0 saturated heterocycles. The van der Waals surface area contributed by atoms with E-state index in [0.29, 0.717) is 35.3 Å². The van der Waals surface area contributed by atoms with Gasteiger partial charge >= 0.3 is 0 Å². The highest BCUT2D eigenvalue weighted by molar-refractivity contribution is 7.88. The smallest absolute Gasteiger partial charge is 0.295 e. The Kier molecular flexibility index (Phi) is 25.9. The third-order valence-electron chi connectivity index (χ3n) is 22.8. The molecule has 0 bridgehead atoms. The second-order valence-electron chi connectivity index (χ2n) is 32.5. The van der Waals surface area contributed by atoms with Crippen LogP contribution in [0.2, 0.25) is 0 Å². The van der Waals surface area contributed by atoms with Gasteiger partial charge in [0, 0.05) is 152 Å². The SMILES string of the molecule is CN(C(=O)c1cc(NC(=O)c2cc(N(C)c3nc(N(C)c4c[nH]c(C(=O)Nc5cc(C(=O)N(C)c6c[nH]c(C(=O)Nc7ccc8cc(S(=O)(=O)O)cc(S(=O)(=O)O)c8c7)c6)n(C)c5)c4)nc(N(C)c4c[nH]c(C(=O)Nc5cc(C(=O)N(C)c6c[nH]c(C(=O)Nc7ccc8cc(S(=O)(=O)O)cc(S(=O)(=O)O)c8c7)c6)n(C)c5)c4)n3)c[nH]2)cn1C)c1c[nH]c(C(=O)Nc2ccc3cc(S(=O)(=O)O)cc(S(=O)(=O)O)c3c2)c1. The van der Waals surface area contributed by atoms with E-state index in [-0.39, 0.29) is 153 Å². The van der Waals surface area contributed by atoms with Gasteiger partial charge in [-0.15, -0.1) is 0 Å². The maximum absolute atomic E-state index is 14.2. The first-order valence-corrected chi connectivity index (χ1v) is 50.0. The zero-order valence-electron chi connectivity index (χ0n) is 75.6. The van der Waals surface area contributed by atoms with Crippen LogP contribution in [0.4, 0.5) is 86.1 Å². The number of fused-ring (bicyclic) bond motifs is 3. The van der Waals surface area contributed by atoms with Crippen molar-refractivity contribution >= 4 is 232 Å². The van der Waals surface area contributed by atoms with Crippen LogP contribution in [0.1, 0.15) is 94.4 Å². The number of hydrogen-bond donors (Lipinski definition) is 18. The Balaban J connectivity index is 0.604. The zero-order valence-corrected chi connectivity index (χ0v) is 80.5. The van der Waals surface area contributed by atoms with Gasteiger partial charge in [-0.3, -0.25) is 70.5 Å². The predicted octanol–water partition coefficient (Wildman–Crippen LogP) is 9.44. The van der Waals surface area contributed by atoms with Crippen LogP contribution in [0.15, 0.2) is 231 Å². The van der Waals surface area contributed by atoms with E-state index in [1.54, 1.807) is 42.3 Å². The van der Waals surface area contributed by atoms with E-state index in [1.165, 1.54) is 211 Å². The van der Waals surface area contributed by atoms with Gasteiger partial charge in [-0.2, -0.15) is 65.5 Å². The second-order valence-corrected chi connectivity index (χ2v) is 40.9. The lowest BCUT2D eigenvalue weighted by Gasteiger charge is -2.23. The zero-order chi connectivity index (χ0) is 104. The van der Waals surface area contributed by atoms with Gasteiger partial charge in [-0.1, -0.05) is 18.2 Å². The number of carbonyl (C=O) groups excluding carboxylic acids is 9. The Bertz CT molecular complexity index is 8080. The van der Waals surface area contributed by atoms with Crippen LogP contribution in [-0.2, 0) is 81.9 Å². The molecule has 57 heteroatoms. The van der Waals surface area contributed by atoms with E-state index in [4.69, 9.17) is 15.0 Å². The molecule has 10 heterocycles.